The molecule has 3 rings (SSSR count). The molecule has 6 heteroatoms. The summed E-state index contributed by atoms with van der Waals surface area (Å²) in [6.45, 7) is -0.419. The van der Waals surface area contributed by atoms with Crippen molar-refractivity contribution in [2.45, 2.75) is 0 Å². The Morgan fingerprint density at radius 3 is 2.65 bits per heavy atom. The van der Waals surface area contributed by atoms with Gasteiger partial charge in [0, 0.05) is 6.08 Å². The number of nitrogens with zero attached hydrogens (tertiary/aromatic N) is 2. The number of ether oxygens (including phenoxy) is 1. The number of benzene rings is 2. The second kappa shape index (κ2) is 7.81. The van der Waals surface area contributed by atoms with Crippen molar-refractivity contribution in [3.63, 3.8) is 0 Å². The molecule has 0 saturated carbocycles. The summed E-state index contributed by atoms with van der Waals surface area (Å²) in [7, 11) is 0. The second-order valence-electron chi connectivity index (χ2n) is 5.39. The maximum absolute atomic E-state index is 11.8. The molecule has 0 saturated heterocycles. The van der Waals surface area contributed by atoms with Crippen LogP contribution in [0.25, 0.3) is 22.7 Å². The van der Waals surface area contributed by atoms with Gasteiger partial charge in [-0.15, -0.1) is 0 Å². The number of nitriles is 1. The predicted molar refractivity (Wildman–Crippen MR) is 97.7 cm³/mol. The Labute approximate surface area is 149 Å². The minimum atomic E-state index is -0.623. The summed E-state index contributed by atoms with van der Waals surface area (Å²) in [6, 6.07) is 18.4. The first kappa shape index (κ1) is 17.0. The Balaban J connectivity index is 1.70. The molecule has 0 bridgehead atoms. The van der Waals surface area contributed by atoms with Crippen molar-refractivity contribution in [1.82, 2.24) is 9.97 Å². The summed E-state index contributed by atoms with van der Waals surface area (Å²) in [4.78, 5) is 19.0. The van der Waals surface area contributed by atoms with Gasteiger partial charge < -0.3 is 14.8 Å². The summed E-state index contributed by atoms with van der Waals surface area (Å²) in [5.41, 5.74) is 2.20. The van der Waals surface area contributed by atoms with E-state index in [1.807, 2.05) is 54.6 Å². The lowest BCUT2D eigenvalue weighted by molar-refractivity contribution is -0.137. The van der Waals surface area contributed by atoms with E-state index in [0.29, 0.717) is 5.52 Å². The minimum absolute atomic E-state index is 0.0685. The van der Waals surface area contributed by atoms with Crippen molar-refractivity contribution in [2.75, 3.05) is 6.61 Å². The third-order valence-electron chi connectivity index (χ3n) is 3.59. The quantitative estimate of drug-likeness (QED) is 0.318. The summed E-state index contributed by atoms with van der Waals surface area (Å²) in [6.07, 6.45) is 2.86. The van der Waals surface area contributed by atoms with Gasteiger partial charge in [0.25, 0.3) is 0 Å². The number of rotatable bonds is 5. The maximum atomic E-state index is 11.8. The Kier molecular flexibility index (Phi) is 5.11. The van der Waals surface area contributed by atoms with Gasteiger partial charge in [0.2, 0.25) is 0 Å². The zero-order valence-corrected chi connectivity index (χ0v) is 13.7. The topological polar surface area (TPSA) is 99.0 Å². The van der Waals surface area contributed by atoms with Crippen LogP contribution in [-0.2, 0) is 9.53 Å². The van der Waals surface area contributed by atoms with E-state index in [1.54, 1.807) is 12.1 Å². The lowest BCUT2D eigenvalue weighted by atomic mass is 10.2. The number of nitrogens with one attached hydrogen (secondary N) is 1. The molecule has 0 amide bonds. The van der Waals surface area contributed by atoms with Crippen molar-refractivity contribution in [3.8, 4) is 6.07 Å². The molecule has 0 aliphatic carbocycles. The fraction of sp³-hybridized carbons (Fsp3) is 0.0500. The first-order valence-corrected chi connectivity index (χ1v) is 7.84. The third-order valence-corrected chi connectivity index (χ3v) is 3.59. The maximum Gasteiger partial charge on any atom is 0.331 e. The molecule has 0 radical (unpaired) electrons. The van der Waals surface area contributed by atoms with Gasteiger partial charge in [-0.2, -0.15) is 5.26 Å². The molecule has 0 fully saturated rings. The summed E-state index contributed by atoms with van der Waals surface area (Å²) in [5.74, 6) is -0.766. The lowest BCUT2D eigenvalue weighted by Crippen LogP contribution is -2.06. The van der Waals surface area contributed by atoms with Crippen molar-refractivity contribution in [1.29, 1.82) is 5.26 Å². The molecular formula is C20H15N3O3. The van der Waals surface area contributed by atoms with Gasteiger partial charge in [0.1, 0.15) is 18.2 Å². The number of para-hydroxylation sites is 2. The van der Waals surface area contributed by atoms with Crippen LogP contribution in [-0.4, -0.2) is 27.7 Å². The molecule has 0 aliphatic rings. The van der Waals surface area contributed by atoms with Gasteiger partial charge >= 0.3 is 5.97 Å². The number of aliphatic hydroxyl groups is 1. The highest BCUT2D eigenvalue weighted by atomic mass is 16.5. The molecule has 2 N–H and O–H groups in total. The highest BCUT2D eigenvalue weighted by Crippen LogP contribution is 2.18. The summed E-state index contributed by atoms with van der Waals surface area (Å²) in [5, 5.41) is 19.4. The van der Waals surface area contributed by atoms with E-state index in [0.717, 1.165) is 11.1 Å². The fourth-order valence-corrected chi connectivity index (χ4v) is 2.31. The highest BCUT2D eigenvalue weighted by Gasteiger charge is 2.14. The Hall–Kier alpha value is -3.85. The molecular weight excluding hydrogens is 330 g/mol. The molecule has 128 valence electrons. The van der Waals surface area contributed by atoms with E-state index in [1.165, 1.54) is 6.08 Å². The number of aromatic nitrogens is 2. The smallest absolute Gasteiger partial charge is 0.331 e. The average Bonchev–Trinajstić information content (AvgIpc) is 3.09. The van der Waals surface area contributed by atoms with Crippen LogP contribution in [0.3, 0.4) is 0 Å². The zero-order chi connectivity index (χ0) is 18.4. The molecule has 0 atom stereocenters. The van der Waals surface area contributed by atoms with Crippen molar-refractivity contribution >= 4 is 28.7 Å². The van der Waals surface area contributed by atoms with E-state index >= 15 is 0 Å². The standard InChI is InChI=1S/C20H15N3O3/c21-12-15(20-22-16-8-4-5-9-17(16)23-20)18(24)13-26-19(25)11-10-14-6-2-1-3-7-14/h1-11,24H,13H2,(H,22,23)/b11-10?,18-15-. The Morgan fingerprint density at radius 1 is 1.19 bits per heavy atom. The SMILES string of the molecule is N#C/C(=C(/O)COC(=O)C=Cc1ccccc1)c1nc2ccccc2[nH]1. The monoisotopic (exact) mass is 345 g/mol. The van der Waals surface area contributed by atoms with Gasteiger partial charge in [-0.1, -0.05) is 42.5 Å². The van der Waals surface area contributed by atoms with Crippen LogP contribution < -0.4 is 0 Å². The van der Waals surface area contributed by atoms with Crippen LogP contribution in [0.4, 0.5) is 0 Å². The molecule has 3 aromatic rings. The number of aromatic amines is 1. The second-order valence-corrected chi connectivity index (χ2v) is 5.39. The van der Waals surface area contributed by atoms with Crippen LogP contribution in [0.15, 0.2) is 66.4 Å². The molecule has 0 unspecified atom stereocenters. The molecule has 2 aromatic carbocycles. The van der Waals surface area contributed by atoms with E-state index < -0.39 is 12.6 Å². The number of esters is 1. The number of H-pyrrole nitrogens is 1. The lowest BCUT2D eigenvalue weighted by Gasteiger charge is -2.03. The number of carbonyl (C=O) groups is 1. The molecule has 0 aliphatic heterocycles. The van der Waals surface area contributed by atoms with Gasteiger partial charge in [0.05, 0.1) is 11.0 Å². The van der Waals surface area contributed by atoms with Crippen LogP contribution in [0.2, 0.25) is 0 Å². The number of aliphatic hydroxyl groups excluding tert-OH is 1. The number of allylic oxidation sites excluding steroid dienone is 1. The number of hydrogen-bond donors (Lipinski definition) is 2. The van der Waals surface area contributed by atoms with E-state index in [9.17, 15) is 15.2 Å². The minimum Gasteiger partial charge on any atom is -0.507 e. The molecule has 1 heterocycles. The predicted octanol–water partition coefficient (Wildman–Crippen LogP) is 3.61. The molecule has 1 aromatic heterocycles. The number of carbonyl (C=O) groups excluding carboxylic acids is 1. The van der Waals surface area contributed by atoms with E-state index in [4.69, 9.17) is 4.74 Å². The van der Waals surface area contributed by atoms with Gasteiger partial charge in [-0.05, 0) is 23.8 Å². The molecule has 26 heavy (non-hydrogen) atoms. The summed E-state index contributed by atoms with van der Waals surface area (Å²) < 4.78 is 4.98. The van der Waals surface area contributed by atoms with Crippen LogP contribution >= 0.6 is 0 Å². The molecule has 0 spiro atoms. The number of imidazole rings is 1. The average molecular weight is 345 g/mol. The van der Waals surface area contributed by atoms with Gasteiger partial charge in [-0.25, -0.2) is 9.78 Å². The highest BCUT2D eigenvalue weighted by molar-refractivity contribution is 5.87. The molecule has 6 nitrogen and oxygen atoms in total. The van der Waals surface area contributed by atoms with Gasteiger partial charge in [0.15, 0.2) is 11.6 Å². The number of hydrogen-bond acceptors (Lipinski definition) is 5. The van der Waals surface area contributed by atoms with Gasteiger partial charge in [-0.3, -0.25) is 0 Å². The largest absolute Gasteiger partial charge is 0.507 e. The fourth-order valence-electron chi connectivity index (χ4n) is 2.31. The normalized spacial score (nSPS) is 12.0. The third kappa shape index (κ3) is 3.97. The summed E-state index contributed by atoms with van der Waals surface area (Å²) >= 11 is 0. The van der Waals surface area contributed by atoms with Crippen molar-refractivity contribution in [3.05, 3.63) is 77.8 Å². The van der Waals surface area contributed by atoms with Crippen molar-refractivity contribution < 1.29 is 14.6 Å². The first-order chi connectivity index (χ1) is 12.7. The van der Waals surface area contributed by atoms with Crippen LogP contribution in [0.1, 0.15) is 11.4 Å². The van der Waals surface area contributed by atoms with Crippen molar-refractivity contribution in [2.24, 2.45) is 0 Å². The Morgan fingerprint density at radius 2 is 1.92 bits per heavy atom. The van der Waals surface area contributed by atoms with Crippen LogP contribution in [0.5, 0.6) is 0 Å². The zero-order valence-electron chi connectivity index (χ0n) is 13.7. The van der Waals surface area contributed by atoms with E-state index in [-0.39, 0.29) is 17.2 Å². The van der Waals surface area contributed by atoms with E-state index in [2.05, 4.69) is 9.97 Å². The first-order valence-electron chi connectivity index (χ1n) is 7.84. The number of fused-ring (bicyclic) bond motifs is 1. The van der Waals surface area contributed by atoms with Crippen LogP contribution in [0, 0.1) is 11.3 Å². The Bertz CT molecular complexity index is 994.